The number of hydrogen-bond acceptors (Lipinski definition) is 3. The molecule has 0 atom stereocenters. The van der Waals surface area contributed by atoms with Gasteiger partial charge in [-0.25, -0.2) is 4.98 Å². The van der Waals surface area contributed by atoms with Gasteiger partial charge >= 0.3 is 0 Å². The highest BCUT2D eigenvalue weighted by atomic mass is 35.5. The van der Waals surface area contributed by atoms with Gasteiger partial charge in [0.15, 0.2) is 0 Å². The number of nitrogens with two attached hydrogens (primary N) is 1. The zero-order valence-electron chi connectivity index (χ0n) is 11.1. The summed E-state index contributed by atoms with van der Waals surface area (Å²) in [5.74, 6) is 0.611. The second-order valence-electron chi connectivity index (χ2n) is 4.49. The first-order valence-corrected chi connectivity index (χ1v) is 6.52. The Hall–Kier alpha value is -1.58. The van der Waals surface area contributed by atoms with Crippen molar-refractivity contribution in [2.24, 2.45) is 5.73 Å². The lowest BCUT2D eigenvalue weighted by atomic mass is 10.1. The maximum absolute atomic E-state index is 5.94. The molecule has 0 aliphatic rings. The zero-order valence-corrected chi connectivity index (χ0v) is 11.9. The summed E-state index contributed by atoms with van der Waals surface area (Å²) in [7, 11) is 0. The number of benzene rings is 1. The lowest BCUT2D eigenvalue weighted by Crippen LogP contribution is -2.07. The minimum atomic E-state index is 0.421. The van der Waals surface area contributed by atoms with E-state index < -0.39 is 0 Å². The van der Waals surface area contributed by atoms with Crippen LogP contribution in [-0.4, -0.2) is 4.98 Å². The molecule has 3 nitrogen and oxygen atoms in total. The van der Waals surface area contributed by atoms with Crippen LogP contribution in [0.15, 0.2) is 30.3 Å². The largest absolute Gasteiger partial charge is 0.473 e. The van der Waals surface area contributed by atoms with Crippen molar-refractivity contribution >= 4 is 11.6 Å². The maximum atomic E-state index is 5.94. The lowest BCUT2D eigenvalue weighted by molar-refractivity contribution is 0.289. The first kappa shape index (κ1) is 13.8. The van der Waals surface area contributed by atoms with Crippen LogP contribution >= 0.6 is 11.6 Å². The summed E-state index contributed by atoms with van der Waals surface area (Å²) in [4.78, 5) is 4.41. The van der Waals surface area contributed by atoms with Crippen molar-refractivity contribution in [2.75, 3.05) is 0 Å². The van der Waals surface area contributed by atoms with Crippen LogP contribution in [-0.2, 0) is 13.2 Å². The van der Waals surface area contributed by atoms with Gasteiger partial charge in [0.1, 0.15) is 6.61 Å². The van der Waals surface area contributed by atoms with E-state index in [0.717, 1.165) is 22.4 Å². The number of aryl methyl sites for hydroxylation is 2. The van der Waals surface area contributed by atoms with Gasteiger partial charge < -0.3 is 10.5 Å². The summed E-state index contributed by atoms with van der Waals surface area (Å²) in [6, 6.07) is 9.60. The minimum absolute atomic E-state index is 0.421. The van der Waals surface area contributed by atoms with E-state index in [1.807, 2.05) is 44.2 Å². The van der Waals surface area contributed by atoms with Crippen LogP contribution in [0.3, 0.4) is 0 Å². The van der Waals surface area contributed by atoms with Crippen LogP contribution in [0.1, 0.15) is 22.4 Å². The number of ether oxygens (including phenoxy) is 1. The fraction of sp³-hybridized carbons (Fsp3) is 0.267. The van der Waals surface area contributed by atoms with E-state index in [1.54, 1.807) is 0 Å². The van der Waals surface area contributed by atoms with E-state index in [-0.39, 0.29) is 0 Å². The Labute approximate surface area is 118 Å². The average molecular weight is 277 g/mol. The smallest absolute Gasteiger partial charge is 0.218 e. The standard InChI is InChI=1S/C15H17ClN2O/c1-10-6-11(2)18-15(14(10)8-17)19-9-12-4-3-5-13(16)7-12/h3-7H,8-9,17H2,1-2H3. The van der Waals surface area contributed by atoms with Crippen molar-refractivity contribution in [1.29, 1.82) is 0 Å². The van der Waals surface area contributed by atoms with Crippen molar-refractivity contribution in [3.63, 3.8) is 0 Å². The van der Waals surface area contributed by atoms with Crippen LogP contribution < -0.4 is 10.5 Å². The van der Waals surface area contributed by atoms with Gasteiger partial charge in [0.25, 0.3) is 0 Å². The molecule has 1 aromatic heterocycles. The van der Waals surface area contributed by atoms with Crippen molar-refractivity contribution in [3.05, 3.63) is 57.7 Å². The third kappa shape index (κ3) is 3.46. The molecule has 0 bridgehead atoms. The molecule has 0 radical (unpaired) electrons. The summed E-state index contributed by atoms with van der Waals surface area (Å²) in [5.41, 5.74) is 9.75. The lowest BCUT2D eigenvalue weighted by Gasteiger charge is -2.12. The van der Waals surface area contributed by atoms with Crippen molar-refractivity contribution in [2.45, 2.75) is 27.0 Å². The predicted octanol–water partition coefficient (Wildman–Crippen LogP) is 3.39. The molecule has 0 amide bonds. The number of halogens is 1. The molecule has 0 fully saturated rings. The Bertz CT molecular complexity index is 584. The zero-order chi connectivity index (χ0) is 13.8. The molecule has 2 rings (SSSR count). The summed E-state index contributed by atoms with van der Waals surface area (Å²) < 4.78 is 5.78. The van der Waals surface area contributed by atoms with Gasteiger partial charge in [-0.3, -0.25) is 0 Å². The third-order valence-corrected chi connectivity index (χ3v) is 3.14. The molecule has 4 heteroatoms. The van der Waals surface area contributed by atoms with Gasteiger partial charge in [-0.2, -0.15) is 0 Å². The molecular formula is C15H17ClN2O. The SMILES string of the molecule is Cc1cc(C)c(CN)c(OCc2cccc(Cl)c2)n1. The molecule has 19 heavy (non-hydrogen) atoms. The Morgan fingerprint density at radius 2 is 2.05 bits per heavy atom. The van der Waals surface area contributed by atoms with Crippen molar-refractivity contribution in [3.8, 4) is 5.88 Å². The molecule has 1 heterocycles. The van der Waals surface area contributed by atoms with Crippen LogP contribution in [0.5, 0.6) is 5.88 Å². The molecule has 100 valence electrons. The number of pyridine rings is 1. The van der Waals surface area contributed by atoms with Crippen LogP contribution in [0.2, 0.25) is 5.02 Å². The molecule has 0 saturated heterocycles. The predicted molar refractivity (Wildman–Crippen MR) is 77.4 cm³/mol. The molecule has 1 aromatic carbocycles. The first-order valence-electron chi connectivity index (χ1n) is 6.14. The molecule has 0 saturated carbocycles. The topological polar surface area (TPSA) is 48.1 Å². The second-order valence-corrected chi connectivity index (χ2v) is 4.92. The third-order valence-electron chi connectivity index (χ3n) is 2.91. The van der Waals surface area contributed by atoms with E-state index in [1.165, 1.54) is 0 Å². The number of aromatic nitrogens is 1. The van der Waals surface area contributed by atoms with Gasteiger partial charge in [0, 0.05) is 22.8 Å². The summed E-state index contributed by atoms with van der Waals surface area (Å²) in [5, 5.41) is 0.702. The molecule has 0 spiro atoms. The van der Waals surface area contributed by atoms with Gasteiger partial charge in [-0.05, 0) is 43.2 Å². The molecule has 0 unspecified atom stereocenters. The maximum Gasteiger partial charge on any atom is 0.218 e. The van der Waals surface area contributed by atoms with E-state index in [0.29, 0.717) is 24.1 Å². The van der Waals surface area contributed by atoms with Crippen molar-refractivity contribution < 1.29 is 4.74 Å². The highest BCUT2D eigenvalue weighted by Gasteiger charge is 2.09. The Morgan fingerprint density at radius 3 is 2.74 bits per heavy atom. The summed E-state index contributed by atoms with van der Waals surface area (Å²) >= 11 is 5.94. The molecule has 0 aliphatic carbocycles. The van der Waals surface area contributed by atoms with Crippen LogP contribution in [0.4, 0.5) is 0 Å². The summed E-state index contributed by atoms with van der Waals surface area (Å²) in [6.07, 6.45) is 0. The molecule has 2 N–H and O–H groups in total. The highest BCUT2D eigenvalue weighted by Crippen LogP contribution is 2.21. The number of nitrogens with zero attached hydrogens (tertiary/aromatic N) is 1. The van der Waals surface area contributed by atoms with Gasteiger partial charge in [0.05, 0.1) is 0 Å². The quantitative estimate of drug-likeness (QED) is 0.931. The normalized spacial score (nSPS) is 10.5. The van der Waals surface area contributed by atoms with Gasteiger partial charge in [-0.1, -0.05) is 23.7 Å². The van der Waals surface area contributed by atoms with Gasteiger partial charge in [0.2, 0.25) is 5.88 Å². The molecular weight excluding hydrogens is 260 g/mol. The fourth-order valence-electron chi connectivity index (χ4n) is 1.98. The Balaban J connectivity index is 2.19. The number of rotatable bonds is 4. The van der Waals surface area contributed by atoms with E-state index in [4.69, 9.17) is 22.1 Å². The van der Waals surface area contributed by atoms with Gasteiger partial charge in [-0.15, -0.1) is 0 Å². The highest BCUT2D eigenvalue weighted by molar-refractivity contribution is 6.30. The Kier molecular flexibility index (Phi) is 4.40. The van der Waals surface area contributed by atoms with E-state index in [2.05, 4.69) is 4.98 Å². The monoisotopic (exact) mass is 276 g/mol. The fourth-order valence-corrected chi connectivity index (χ4v) is 2.19. The van der Waals surface area contributed by atoms with Crippen molar-refractivity contribution in [1.82, 2.24) is 4.98 Å². The summed E-state index contributed by atoms with van der Waals surface area (Å²) in [6.45, 7) is 4.82. The van der Waals surface area contributed by atoms with Crippen LogP contribution in [0.25, 0.3) is 0 Å². The first-order chi connectivity index (χ1) is 9.10. The molecule has 0 aliphatic heterocycles. The van der Waals surface area contributed by atoms with E-state index >= 15 is 0 Å². The molecule has 2 aromatic rings. The van der Waals surface area contributed by atoms with Crippen LogP contribution in [0, 0.1) is 13.8 Å². The Morgan fingerprint density at radius 1 is 1.26 bits per heavy atom. The average Bonchev–Trinajstić information content (AvgIpc) is 2.36. The number of hydrogen-bond donors (Lipinski definition) is 1. The van der Waals surface area contributed by atoms with E-state index in [9.17, 15) is 0 Å². The minimum Gasteiger partial charge on any atom is -0.473 e. The second kappa shape index (κ2) is 6.04.